The molecule has 1 unspecified atom stereocenters. The van der Waals surface area contributed by atoms with E-state index in [1.807, 2.05) is 6.92 Å². The molecule has 0 saturated carbocycles. The van der Waals surface area contributed by atoms with E-state index in [0.717, 1.165) is 6.16 Å². The van der Waals surface area contributed by atoms with E-state index in [2.05, 4.69) is 7.18 Å². The van der Waals surface area contributed by atoms with Crippen LogP contribution < -0.4 is 0 Å². The van der Waals surface area contributed by atoms with E-state index < -0.39 is 7.64 Å². The number of hydrogen-bond donors (Lipinski definition) is 1. The van der Waals surface area contributed by atoms with Gasteiger partial charge in [-0.05, 0) is 0 Å². The third-order valence-electron chi connectivity index (χ3n) is 0.408. The molecule has 0 aromatic rings. The number of hydrogen-bond acceptors (Lipinski definition) is 1. The Balaban J connectivity index is 2.85. The van der Waals surface area contributed by atoms with Gasteiger partial charge in [0, 0.05) is 0 Å². The molecule has 0 rings (SSSR count). The summed E-state index contributed by atoms with van der Waals surface area (Å²) in [5, 5.41) is 0. The second kappa shape index (κ2) is 2.68. The molecule has 0 fully saturated rings. The fraction of sp³-hybridized carbons (Fsp3) is 1.00. The molecule has 0 aliphatic carbocycles. The normalized spacial score (nSPS) is 14.6. The summed E-state index contributed by atoms with van der Waals surface area (Å²) in [6.45, 7) is 1.93. The van der Waals surface area contributed by atoms with Crippen molar-refractivity contribution in [2.75, 3.05) is 6.16 Å². The van der Waals surface area contributed by atoms with Crippen molar-refractivity contribution < 1.29 is 4.89 Å². The van der Waals surface area contributed by atoms with Gasteiger partial charge in [-0.1, -0.05) is 0 Å². The van der Waals surface area contributed by atoms with Crippen LogP contribution in [0.4, 0.5) is 0 Å². The Kier molecular flexibility index (Phi) is 2.92. The predicted molar refractivity (Wildman–Crippen MR) is 28.2 cm³/mol. The summed E-state index contributed by atoms with van der Waals surface area (Å²) in [5.41, 5.74) is 0. The molecule has 0 spiro atoms. The standard InChI is InChI=1S/C2H8BOP/c1-2-5(3)4/h3-5H,2H2,1H3. The first-order valence-corrected chi connectivity index (χ1v) is 3.50. The summed E-state index contributed by atoms with van der Waals surface area (Å²) in [6.07, 6.45) is 0.852. The molecule has 5 heavy (non-hydrogen) atoms. The van der Waals surface area contributed by atoms with Crippen LogP contribution in [0.25, 0.3) is 0 Å². The van der Waals surface area contributed by atoms with Crippen molar-refractivity contribution in [2.24, 2.45) is 0 Å². The molecule has 0 aliphatic rings. The summed E-state index contributed by atoms with van der Waals surface area (Å²) in [6, 6.07) is 0. The molecule has 1 atom stereocenters. The van der Waals surface area contributed by atoms with E-state index in [0.29, 0.717) is 0 Å². The van der Waals surface area contributed by atoms with Crippen LogP contribution in [0.5, 0.6) is 0 Å². The molecule has 1 N–H and O–H groups in total. The molecule has 3 heteroatoms. The van der Waals surface area contributed by atoms with Crippen molar-refractivity contribution in [3.8, 4) is 0 Å². The summed E-state index contributed by atoms with van der Waals surface area (Å²) < 4.78 is 0. The van der Waals surface area contributed by atoms with Crippen molar-refractivity contribution in [3.05, 3.63) is 0 Å². The Morgan fingerprint density at radius 2 is 2.20 bits per heavy atom. The number of rotatable bonds is 1. The molecule has 0 aliphatic heterocycles. The third-order valence-corrected chi connectivity index (χ3v) is 1.22. The Morgan fingerprint density at radius 1 is 2.00 bits per heavy atom. The molecule has 0 saturated heterocycles. The molecule has 0 aromatic heterocycles. The molecule has 0 bridgehead atoms. The first-order valence-electron chi connectivity index (χ1n) is 1.64. The minimum absolute atomic E-state index is 0.852. The summed E-state index contributed by atoms with van der Waals surface area (Å²) >= 11 is 0. The van der Waals surface area contributed by atoms with Crippen LogP contribution in [-0.4, -0.2) is 18.2 Å². The maximum absolute atomic E-state index is 8.35. The van der Waals surface area contributed by atoms with Gasteiger partial charge >= 0.3 is 32.8 Å². The van der Waals surface area contributed by atoms with Gasteiger partial charge in [-0.3, -0.25) is 0 Å². The van der Waals surface area contributed by atoms with Crippen molar-refractivity contribution in [1.82, 2.24) is 0 Å². The van der Waals surface area contributed by atoms with E-state index in [1.54, 1.807) is 0 Å². The van der Waals surface area contributed by atoms with E-state index in [4.69, 9.17) is 4.89 Å². The Hall–Kier alpha value is 0.455. The topological polar surface area (TPSA) is 20.2 Å². The van der Waals surface area contributed by atoms with Gasteiger partial charge < -0.3 is 0 Å². The van der Waals surface area contributed by atoms with Gasteiger partial charge in [0.25, 0.3) is 0 Å². The molecule has 0 radical (unpaired) electrons. The van der Waals surface area contributed by atoms with Crippen molar-refractivity contribution in [2.45, 2.75) is 6.92 Å². The van der Waals surface area contributed by atoms with Crippen LogP contribution in [0.2, 0.25) is 0 Å². The van der Waals surface area contributed by atoms with Crippen LogP contribution in [-0.2, 0) is 0 Å². The average molecular weight is 89.9 g/mol. The first-order chi connectivity index (χ1) is 2.27. The van der Waals surface area contributed by atoms with E-state index >= 15 is 0 Å². The molecule has 0 amide bonds. The quantitative estimate of drug-likeness (QED) is 0.353. The Bertz CT molecular complexity index is 44.9. The molecular formula is C2H8BOP. The second-order valence-electron chi connectivity index (χ2n) is 0.920. The van der Waals surface area contributed by atoms with Crippen LogP contribution in [0.3, 0.4) is 0 Å². The van der Waals surface area contributed by atoms with Gasteiger partial charge in [-0.2, -0.15) is 0 Å². The van der Waals surface area contributed by atoms with E-state index in [1.165, 1.54) is 0 Å². The van der Waals surface area contributed by atoms with Crippen LogP contribution in [0.15, 0.2) is 0 Å². The van der Waals surface area contributed by atoms with E-state index in [-0.39, 0.29) is 0 Å². The monoisotopic (exact) mass is 90.0 g/mol. The van der Waals surface area contributed by atoms with Gasteiger partial charge in [0.2, 0.25) is 0 Å². The maximum atomic E-state index is 8.35. The van der Waals surface area contributed by atoms with Gasteiger partial charge in [0.05, 0.1) is 0 Å². The average Bonchev–Trinajstić information content (AvgIpc) is 1.38. The first kappa shape index (κ1) is 5.45. The van der Waals surface area contributed by atoms with Crippen LogP contribution >= 0.6 is 7.64 Å². The van der Waals surface area contributed by atoms with Crippen LogP contribution in [0, 0.1) is 0 Å². The zero-order valence-electron chi connectivity index (χ0n) is 3.36. The van der Waals surface area contributed by atoms with Crippen molar-refractivity contribution in [1.29, 1.82) is 0 Å². The summed E-state index contributed by atoms with van der Waals surface area (Å²) in [4.78, 5) is 8.35. The Morgan fingerprint density at radius 3 is 2.20 bits per heavy atom. The predicted octanol–water partition coefficient (Wildman–Crippen LogP) is -0.0564. The SMILES string of the molecule is B=[PH](O)CC. The third kappa shape index (κ3) is 4.45. The van der Waals surface area contributed by atoms with Gasteiger partial charge in [0.15, 0.2) is 0 Å². The molecule has 30 valence electrons. The molecular weight excluding hydrogens is 81.8 g/mol. The Labute approximate surface area is 33.8 Å². The van der Waals surface area contributed by atoms with Crippen LogP contribution in [0.1, 0.15) is 6.92 Å². The summed E-state index contributed by atoms with van der Waals surface area (Å²) in [5.74, 6) is 0. The zero-order valence-corrected chi connectivity index (χ0v) is 4.36. The van der Waals surface area contributed by atoms with Gasteiger partial charge in [-0.25, -0.2) is 0 Å². The van der Waals surface area contributed by atoms with Gasteiger partial charge in [-0.15, -0.1) is 0 Å². The molecule has 0 heterocycles. The zero-order chi connectivity index (χ0) is 4.28. The molecule has 0 aromatic carbocycles. The van der Waals surface area contributed by atoms with Crippen molar-refractivity contribution >= 4 is 14.8 Å². The fourth-order valence-corrected chi connectivity index (χ4v) is 0. The summed E-state index contributed by atoms with van der Waals surface area (Å²) in [7, 11) is 2.29. The van der Waals surface area contributed by atoms with Crippen molar-refractivity contribution in [3.63, 3.8) is 0 Å². The van der Waals surface area contributed by atoms with E-state index in [9.17, 15) is 0 Å². The minimum atomic E-state index is -1.12. The fourth-order valence-electron chi connectivity index (χ4n) is 0. The second-order valence-corrected chi connectivity index (χ2v) is 2.76. The van der Waals surface area contributed by atoms with Gasteiger partial charge in [0.1, 0.15) is 0 Å². The molecule has 1 nitrogen and oxygen atoms in total.